The molecule has 0 aromatic heterocycles. The summed E-state index contributed by atoms with van der Waals surface area (Å²) < 4.78 is 0. The normalized spacial score (nSPS) is 15.5. The van der Waals surface area contributed by atoms with Gasteiger partial charge in [-0.2, -0.15) is 0 Å². The molecule has 0 saturated heterocycles. The van der Waals surface area contributed by atoms with Crippen molar-refractivity contribution in [2.45, 2.75) is 31.8 Å². The van der Waals surface area contributed by atoms with E-state index in [9.17, 15) is 10.1 Å². The second-order valence-corrected chi connectivity index (χ2v) is 4.74. The number of nitro groups is 1. The van der Waals surface area contributed by atoms with Gasteiger partial charge in [0, 0.05) is 24.7 Å². The highest BCUT2D eigenvalue weighted by Gasteiger charge is 2.23. The Labute approximate surface area is 106 Å². The molecular weight excluding hydrogens is 232 g/mol. The molecule has 98 valence electrons. The molecule has 1 aromatic rings. The van der Waals surface area contributed by atoms with Crippen molar-refractivity contribution in [1.29, 1.82) is 0 Å². The fraction of sp³-hybridized carbons (Fsp3) is 0.500. The molecule has 1 aromatic carbocycles. The third-order valence-electron chi connectivity index (χ3n) is 3.57. The van der Waals surface area contributed by atoms with Gasteiger partial charge in [-0.25, -0.2) is 0 Å². The minimum Gasteiger partial charge on any atom is -0.324 e. The average Bonchev–Trinajstić information content (AvgIpc) is 2.26. The number of benzene rings is 1. The Morgan fingerprint density at radius 3 is 2.78 bits per heavy atom. The van der Waals surface area contributed by atoms with E-state index >= 15 is 0 Å². The molecule has 0 heterocycles. The Hall–Kier alpha value is -1.66. The van der Waals surface area contributed by atoms with Crippen LogP contribution in [-0.2, 0) is 6.54 Å². The van der Waals surface area contributed by atoms with Crippen LogP contribution in [0.1, 0.15) is 24.8 Å². The Balaban J connectivity index is 2.17. The van der Waals surface area contributed by atoms with Gasteiger partial charge in [0.25, 0.3) is 5.69 Å². The smallest absolute Gasteiger partial charge is 0.269 e. The summed E-state index contributed by atoms with van der Waals surface area (Å²) in [7, 11) is 2.04. The first kappa shape index (κ1) is 12.8. The molecule has 0 spiro atoms. The quantitative estimate of drug-likeness (QED) is 0.473. The standard InChI is InChI=1S/C12H18N4O2/c1-15(10-3-2-4-10)8-9-7-11(16(17)18)5-6-12(9)14-13/h5-7,10,14H,2-4,8,13H2,1H3. The molecule has 0 bridgehead atoms. The van der Waals surface area contributed by atoms with Crippen molar-refractivity contribution in [3.05, 3.63) is 33.9 Å². The maximum absolute atomic E-state index is 10.8. The molecule has 3 N–H and O–H groups in total. The van der Waals surface area contributed by atoms with Crippen LogP contribution in [0.15, 0.2) is 18.2 Å². The molecule has 2 rings (SSSR count). The van der Waals surface area contributed by atoms with Gasteiger partial charge in [-0.1, -0.05) is 6.42 Å². The van der Waals surface area contributed by atoms with E-state index in [1.165, 1.54) is 25.3 Å². The van der Waals surface area contributed by atoms with Gasteiger partial charge in [0.1, 0.15) is 0 Å². The van der Waals surface area contributed by atoms with Crippen LogP contribution < -0.4 is 11.3 Å². The van der Waals surface area contributed by atoms with Gasteiger partial charge < -0.3 is 5.43 Å². The van der Waals surface area contributed by atoms with Gasteiger partial charge in [-0.3, -0.25) is 20.9 Å². The minimum absolute atomic E-state index is 0.103. The van der Waals surface area contributed by atoms with E-state index in [4.69, 9.17) is 5.84 Å². The zero-order chi connectivity index (χ0) is 13.1. The molecule has 1 aliphatic carbocycles. The maximum atomic E-state index is 10.8. The van der Waals surface area contributed by atoms with Crippen LogP contribution in [0.25, 0.3) is 0 Å². The number of anilines is 1. The molecule has 1 fully saturated rings. The second-order valence-electron chi connectivity index (χ2n) is 4.74. The summed E-state index contributed by atoms with van der Waals surface area (Å²) in [6, 6.07) is 5.30. The minimum atomic E-state index is -0.382. The van der Waals surface area contributed by atoms with Crippen molar-refractivity contribution in [3.63, 3.8) is 0 Å². The summed E-state index contributed by atoms with van der Waals surface area (Å²) in [5.41, 5.74) is 4.30. The van der Waals surface area contributed by atoms with E-state index in [0.717, 1.165) is 11.3 Å². The molecule has 0 unspecified atom stereocenters. The van der Waals surface area contributed by atoms with Crippen molar-refractivity contribution in [2.24, 2.45) is 5.84 Å². The number of hydrogen-bond acceptors (Lipinski definition) is 5. The lowest BCUT2D eigenvalue weighted by Gasteiger charge is -2.35. The summed E-state index contributed by atoms with van der Waals surface area (Å²) in [5.74, 6) is 5.44. The van der Waals surface area contributed by atoms with Gasteiger partial charge in [0.2, 0.25) is 0 Å². The number of nitrogens with one attached hydrogen (secondary N) is 1. The number of nitrogens with zero attached hydrogens (tertiary/aromatic N) is 2. The van der Waals surface area contributed by atoms with Crippen LogP contribution in [-0.4, -0.2) is 22.9 Å². The van der Waals surface area contributed by atoms with Gasteiger partial charge in [-0.15, -0.1) is 0 Å². The number of non-ortho nitro benzene ring substituents is 1. The topological polar surface area (TPSA) is 84.4 Å². The van der Waals surface area contributed by atoms with Crippen molar-refractivity contribution in [1.82, 2.24) is 4.90 Å². The fourth-order valence-corrected chi connectivity index (χ4v) is 2.19. The number of nitrogens with two attached hydrogens (primary N) is 1. The molecule has 6 heteroatoms. The predicted octanol–water partition coefficient (Wildman–Crippen LogP) is 1.86. The predicted molar refractivity (Wildman–Crippen MR) is 70.0 cm³/mol. The van der Waals surface area contributed by atoms with Crippen molar-refractivity contribution < 1.29 is 4.92 Å². The van der Waals surface area contributed by atoms with E-state index in [2.05, 4.69) is 10.3 Å². The van der Waals surface area contributed by atoms with Gasteiger partial charge in [0.15, 0.2) is 0 Å². The van der Waals surface area contributed by atoms with Crippen LogP contribution in [0.2, 0.25) is 0 Å². The average molecular weight is 250 g/mol. The molecule has 0 atom stereocenters. The molecule has 6 nitrogen and oxygen atoms in total. The lowest BCUT2D eigenvalue weighted by molar-refractivity contribution is -0.384. The van der Waals surface area contributed by atoms with E-state index in [1.807, 2.05) is 7.05 Å². The molecule has 18 heavy (non-hydrogen) atoms. The zero-order valence-corrected chi connectivity index (χ0v) is 10.4. The van der Waals surface area contributed by atoms with Crippen LogP contribution in [0.5, 0.6) is 0 Å². The molecular formula is C12H18N4O2. The third kappa shape index (κ3) is 2.60. The number of nitro benzene ring substituents is 1. The van der Waals surface area contributed by atoms with E-state index in [-0.39, 0.29) is 10.6 Å². The molecule has 0 aliphatic heterocycles. The number of hydrazine groups is 1. The molecule has 0 amide bonds. The summed E-state index contributed by atoms with van der Waals surface area (Å²) in [5, 5.41) is 10.8. The number of rotatable bonds is 5. The Bertz CT molecular complexity index is 446. The fourth-order valence-electron chi connectivity index (χ4n) is 2.19. The van der Waals surface area contributed by atoms with Gasteiger partial charge in [-0.05, 0) is 31.5 Å². The largest absolute Gasteiger partial charge is 0.324 e. The lowest BCUT2D eigenvalue weighted by Crippen LogP contribution is -2.36. The molecule has 0 radical (unpaired) electrons. The van der Waals surface area contributed by atoms with E-state index in [1.54, 1.807) is 12.1 Å². The highest BCUT2D eigenvalue weighted by Crippen LogP contribution is 2.28. The SMILES string of the molecule is CN(Cc1cc([N+](=O)[O-])ccc1NN)C1CCC1. The zero-order valence-electron chi connectivity index (χ0n) is 10.4. The van der Waals surface area contributed by atoms with E-state index in [0.29, 0.717) is 12.6 Å². The van der Waals surface area contributed by atoms with Crippen LogP contribution in [0.3, 0.4) is 0 Å². The van der Waals surface area contributed by atoms with Gasteiger partial charge >= 0.3 is 0 Å². The van der Waals surface area contributed by atoms with E-state index < -0.39 is 0 Å². The van der Waals surface area contributed by atoms with Crippen molar-refractivity contribution >= 4 is 11.4 Å². The number of nitrogen functional groups attached to an aromatic ring is 1. The highest BCUT2D eigenvalue weighted by atomic mass is 16.6. The van der Waals surface area contributed by atoms with Gasteiger partial charge in [0.05, 0.1) is 10.6 Å². The van der Waals surface area contributed by atoms with Crippen LogP contribution >= 0.6 is 0 Å². The first-order valence-electron chi connectivity index (χ1n) is 6.06. The third-order valence-corrected chi connectivity index (χ3v) is 3.57. The van der Waals surface area contributed by atoms with Crippen molar-refractivity contribution in [2.75, 3.05) is 12.5 Å². The molecule has 1 aliphatic rings. The summed E-state index contributed by atoms with van der Waals surface area (Å²) in [6.45, 7) is 0.672. The molecule has 1 saturated carbocycles. The maximum Gasteiger partial charge on any atom is 0.269 e. The summed E-state index contributed by atoms with van der Waals surface area (Å²) in [4.78, 5) is 12.6. The Kier molecular flexibility index (Phi) is 3.78. The highest BCUT2D eigenvalue weighted by molar-refractivity contribution is 5.55. The Morgan fingerprint density at radius 1 is 1.56 bits per heavy atom. The lowest BCUT2D eigenvalue weighted by atomic mass is 9.91. The Morgan fingerprint density at radius 2 is 2.28 bits per heavy atom. The number of hydrogen-bond donors (Lipinski definition) is 2. The monoisotopic (exact) mass is 250 g/mol. The summed E-state index contributed by atoms with van der Waals surface area (Å²) in [6.07, 6.45) is 3.68. The van der Waals surface area contributed by atoms with Crippen LogP contribution in [0, 0.1) is 10.1 Å². The summed E-state index contributed by atoms with van der Waals surface area (Å²) >= 11 is 0. The second kappa shape index (κ2) is 5.32. The van der Waals surface area contributed by atoms with Crippen LogP contribution in [0.4, 0.5) is 11.4 Å². The first-order chi connectivity index (χ1) is 8.61. The first-order valence-corrected chi connectivity index (χ1v) is 6.06. The van der Waals surface area contributed by atoms with Crippen molar-refractivity contribution in [3.8, 4) is 0 Å².